The van der Waals surface area contributed by atoms with Gasteiger partial charge in [0.1, 0.15) is 5.82 Å². The van der Waals surface area contributed by atoms with Crippen LogP contribution in [-0.2, 0) is 6.54 Å². The van der Waals surface area contributed by atoms with Crippen molar-refractivity contribution < 1.29 is 4.79 Å². The van der Waals surface area contributed by atoms with E-state index in [1.165, 1.54) is 6.20 Å². The molecule has 1 unspecified atom stereocenters. The lowest BCUT2D eigenvalue weighted by Gasteiger charge is -2.25. The molecule has 0 fully saturated rings. The molecule has 4 nitrogen and oxygen atoms in total. The first-order valence-electron chi connectivity index (χ1n) is 6.40. The number of nitrogens with two attached hydrogens (primary N) is 1. The lowest BCUT2D eigenvalue weighted by Crippen LogP contribution is -2.33. The smallest absolute Gasteiger partial charge is 0.175 e. The fourth-order valence-corrected chi connectivity index (χ4v) is 2.72. The Morgan fingerprint density at radius 3 is 3.05 bits per heavy atom. The topological polar surface area (TPSA) is 68.0 Å². The maximum atomic E-state index is 12.7. The molecule has 1 aromatic carbocycles. The van der Waals surface area contributed by atoms with E-state index in [1.54, 1.807) is 6.07 Å². The van der Waals surface area contributed by atoms with Gasteiger partial charge in [-0.05, 0) is 17.2 Å². The predicted octanol–water partition coefficient (Wildman–Crippen LogP) is 2.39. The number of pyridine rings is 1. The molecule has 5 heteroatoms. The van der Waals surface area contributed by atoms with Gasteiger partial charge in [-0.25, -0.2) is 4.98 Å². The number of anilines is 1. The first-order valence-corrected chi connectivity index (χ1v) is 6.78. The highest BCUT2D eigenvalue weighted by Gasteiger charge is 2.28. The molecule has 0 saturated carbocycles. The quantitative estimate of drug-likeness (QED) is 0.832. The number of hydrogen-bond donors (Lipinski definition) is 2. The molecule has 3 N–H and O–H groups in total. The van der Waals surface area contributed by atoms with Crippen molar-refractivity contribution in [1.29, 1.82) is 0 Å². The monoisotopic (exact) mass is 287 g/mol. The summed E-state index contributed by atoms with van der Waals surface area (Å²) in [4.78, 5) is 16.7. The van der Waals surface area contributed by atoms with Gasteiger partial charge < -0.3 is 11.1 Å². The van der Waals surface area contributed by atoms with Crippen LogP contribution in [-0.4, -0.2) is 17.3 Å². The number of nitrogens with one attached hydrogen (secondary N) is 1. The molecule has 1 aromatic heterocycles. The summed E-state index contributed by atoms with van der Waals surface area (Å²) in [6.07, 6.45) is 1.45. The van der Waals surface area contributed by atoms with Gasteiger partial charge in [-0.1, -0.05) is 35.9 Å². The Hall–Kier alpha value is -1.91. The van der Waals surface area contributed by atoms with E-state index in [2.05, 4.69) is 10.3 Å². The summed E-state index contributed by atoms with van der Waals surface area (Å²) in [5.41, 5.74) is 8.39. The minimum Gasteiger partial charge on any atom is -0.383 e. The zero-order valence-electron chi connectivity index (χ0n) is 10.8. The van der Waals surface area contributed by atoms with Crippen molar-refractivity contribution in [3.05, 3.63) is 58.2 Å². The summed E-state index contributed by atoms with van der Waals surface area (Å²) in [5.74, 6) is -0.0675. The molecule has 0 amide bonds. The zero-order valence-corrected chi connectivity index (χ0v) is 11.5. The third-order valence-electron chi connectivity index (χ3n) is 3.56. The average molecular weight is 288 g/mol. The van der Waals surface area contributed by atoms with Crippen molar-refractivity contribution in [2.24, 2.45) is 0 Å². The first kappa shape index (κ1) is 13.1. The van der Waals surface area contributed by atoms with Gasteiger partial charge in [-0.15, -0.1) is 0 Å². The predicted molar refractivity (Wildman–Crippen MR) is 78.9 cm³/mol. The van der Waals surface area contributed by atoms with Crippen molar-refractivity contribution in [3.63, 3.8) is 0 Å². The number of hydrogen-bond acceptors (Lipinski definition) is 4. The summed E-state index contributed by atoms with van der Waals surface area (Å²) in [6, 6.07) is 9.53. The minimum atomic E-state index is -0.248. The van der Waals surface area contributed by atoms with E-state index in [9.17, 15) is 4.79 Å². The molecular weight excluding hydrogens is 274 g/mol. The number of nitrogens with zero attached hydrogens (tertiary/aromatic N) is 1. The summed E-state index contributed by atoms with van der Waals surface area (Å²) in [7, 11) is 0. The fraction of sp³-hybridized carbons (Fsp3) is 0.200. The van der Waals surface area contributed by atoms with Crippen molar-refractivity contribution in [1.82, 2.24) is 10.3 Å². The second-order valence-corrected chi connectivity index (χ2v) is 5.27. The lowest BCUT2D eigenvalue weighted by molar-refractivity contribution is 0.0955. The van der Waals surface area contributed by atoms with Crippen LogP contribution >= 0.6 is 11.6 Å². The molecule has 0 spiro atoms. The van der Waals surface area contributed by atoms with Gasteiger partial charge in [-0.3, -0.25) is 4.79 Å². The van der Waals surface area contributed by atoms with Crippen LogP contribution in [0.3, 0.4) is 0 Å². The van der Waals surface area contributed by atoms with Gasteiger partial charge in [0.2, 0.25) is 0 Å². The molecule has 102 valence electrons. The molecule has 0 saturated heterocycles. The molecule has 0 radical (unpaired) electrons. The van der Waals surface area contributed by atoms with E-state index < -0.39 is 0 Å². The van der Waals surface area contributed by atoms with E-state index in [-0.39, 0.29) is 17.5 Å². The molecule has 2 heterocycles. The van der Waals surface area contributed by atoms with Crippen molar-refractivity contribution >= 4 is 23.2 Å². The molecule has 0 aliphatic carbocycles. The number of ketones is 1. The van der Waals surface area contributed by atoms with Crippen LogP contribution < -0.4 is 11.1 Å². The van der Waals surface area contributed by atoms with Gasteiger partial charge >= 0.3 is 0 Å². The van der Waals surface area contributed by atoms with Gasteiger partial charge in [-0.2, -0.15) is 0 Å². The zero-order chi connectivity index (χ0) is 14.1. The molecule has 0 bridgehead atoms. The summed E-state index contributed by atoms with van der Waals surface area (Å²) in [5, 5.41) is 3.68. The number of nitrogen functional groups attached to an aromatic ring is 1. The highest BCUT2D eigenvalue weighted by molar-refractivity contribution is 6.31. The van der Waals surface area contributed by atoms with Crippen LogP contribution in [0.5, 0.6) is 0 Å². The fourth-order valence-electron chi connectivity index (χ4n) is 2.57. The third kappa shape index (κ3) is 2.28. The molecule has 1 aliphatic rings. The molecule has 3 rings (SSSR count). The maximum absolute atomic E-state index is 12.7. The number of benzene rings is 1. The number of fused-ring (bicyclic) bond motifs is 1. The first-order chi connectivity index (χ1) is 9.66. The van der Waals surface area contributed by atoms with Crippen LogP contribution in [0.25, 0.3) is 0 Å². The van der Waals surface area contributed by atoms with Crippen LogP contribution in [0.4, 0.5) is 5.82 Å². The van der Waals surface area contributed by atoms with Crippen LogP contribution in [0.15, 0.2) is 36.5 Å². The van der Waals surface area contributed by atoms with Crippen LogP contribution in [0.1, 0.15) is 27.4 Å². The number of aromatic nitrogens is 1. The lowest BCUT2D eigenvalue weighted by atomic mass is 9.85. The Morgan fingerprint density at radius 2 is 2.20 bits per heavy atom. The maximum Gasteiger partial charge on any atom is 0.175 e. The molecule has 1 aliphatic heterocycles. The Balaban J connectivity index is 2.02. The summed E-state index contributed by atoms with van der Waals surface area (Å²) in [6.45, 7) is 1.38. The highest BCUT2D eigenvalue weighted by Crippen LogP contribution is 2.29. The number of rotatable bonds is 2. The second kappa shape index (κ2) is 5.23. The average Bonchev–Trinajstić information content (AvgIpc) is 2.48. The van der Waals surface area contributed by atoms with Crippen molar-refractivity contribution in [3.8, 4) is 0 Å². The normalized spacial score (nSPS) is 17.6. The van der Waals surface area contributed by atoms with E-state index >= 15 is 0 Å². The number of carbonyl (C=O) groups is 1. The minimum absolute atomic E-state index is 0.0443. The number of Topliss-reactive ketones (excluding diaryl/α,β-unsaturated/α-hetero) is 1. The van der Waals surface area contributed by atoms with Crippen molar-refractivity contribution in [2.75, 3.05) is 12.3 Å². The van der Waals surface area contributed by atoms with Gasteiger partial charge in [0.05, 0.1) is 16.5 Å². The molecule has 1 atom stereocenters. The Morgan fingerprint density at radius 1 is 1.40 bits per heavy atom. The second-order valence-electron chi connectivity index (χ2n) is 4.83. The number of carbonyl (C=O) groups excluding carboxylic acids is 1. The Labute approximate surface area is 122 Å². The Bertz CT molecular complexity index is 672. The van der Waals surface area contributed by atoms with Crippen molar-refractivity contribution in [2.45, 2.75) is 12.5 Å². The molecule has 2 aromatic rings. The van der Waals surface area contributed by atoms with E-state index in [1.807, 2.05) is 24.3 Å². The highest BCUT2D eigenvalue weighted by atomic mass is 35.5. The number of halogens is 1. The standard InChI is InChI=1S/C15H14ClN3O/c16-10-5-12(15(17)19-7-10)14(20)13-8-18-6-9-3-1-2-4-11(9)13/h1-5,7,13,18H,6,8H2,(H2,17,19). The van der Waals surface area contributed by atoms with Crippen LogP contribution in [0.2, 0.25) is 5.02 Å². The summed E-state index contributed by atoms with van der Waals surface area (Å²) >= 11 is 5.91. The van der Waals surface area contributed by atoms with E-state index in [4.69, 9.17) is 17.3 Å². The largest absolute Gasteiger partial charge is 0.383 e. The Kier molecular flexibility index (Phi) is 3.42. The van der Waals surface area contributed by atoms with Gasteiger partial charge in [0.15, 0.2) is 5.78 Å². The van der Waals surface area contributed by atoms with Gasteiger partial charge in [0, 0.05) is 19.3 Å². The summed E-state index contributed by atoms with van der Waals surface area (Å²) < 4.78 is 0. The van der Waals surface area contributed by atoms with E-state index in [0.717, 1.165) is 17.7 Å². The van der Waals surface area contributed by atoms with E-state index in [0.29, 0.717) is 17.1 Å². The molecular formula is C15H14ClN3O. The third-order valence-corrected chi connectivity index (χ3v) is 3.77. The molecule has 20 heavy (non-hydrogen) atoms. The van der Waals surface area contributed by atoms with Gasteiger partial charge in [0.25, 0.3) is 0 Å². The van der Waals surface area contributed by atoms with Crippen LogP contribution in [0, 0.1) is 0 Å². The SMILES string of the molecule is Nc1ncc(Cl)cc1C(=O)C1CNCc2ccccc21.